The van der Waals surface area contributed by atoms with Crippen LogP contribution < -0.4 is 34.9 Å². The van der Waals surface area contributed by atoms with Crippen LogP contribution in [0.1, 0.15) is 15.9 Å². The van der Waals surface area contributed by atoms with Gasteiger partial charge < -0.3 is 9.87 Å². The van der Waals surface area contributed by atoms with Crippen LogP contribution in [-0.4, -0.2) is 21.2 Å². The molecule has 0 fully saturated rings. The van der Waals surface area contributed by atoms with Crippen LogP contribution in [0.5, 0.6) is 0 Å². The standard InChI is InChI=1S/C9H9NO3S.Na/c11-9-8-5-7(14(12)13)2-1-6(8)3-4-10-9;/h1-2,5H,3-4H2,(H,10,11)(H,12,13);/q;+1/p-1. The van der Waals surface area contributed by atoms with Gasteiger partial charge in [-0.25, -0.2) is 0 Å². The van der Waals surface area contributed by atoms with E-state index >= 15 is 0 Å². The van der Waals surface area contributed by atoms with E-state index in [1.54, 1.807) is 6.07 Å². The molecule has 1 aliphatic heterocycles. The maximum Gasteiger partial charge on any atom is 1.00 e. The Hall–Kier alpha value is -0.200. The van der Waals surface area contributed by atoms with Crippen LogP contribution in [0.15, 0.2) is 23.1 Å². The van der Waals surface area contributed by atoms with Gasteiger partial charge >= 0.3 is 29.6 Å². The van der Waals surface area contributed by atoms with Crippen molar-refractivity contribution in [3.05, 3.63) is 29.3 Å². The third-order valence-corrected chi connectivity index (χ3v) is 2.84. The summed E-state index contributed by atoms with van der Waals surface area (Å²) in [5, 5.41) is 2.66. The summed E-state index contributed by atoms with van der Waals surface area (Å²) in [6.45, 7) is 0.617. The Morgan fingerprint density at radius 1 is 1.40 bits per heavy atom. The van der Waals surface area contributed by atoms with Crippen LogP contribution >= 0.6 is 0 Å². The molecule has 0 saturated heterocycles. The molecule has 0 bridgehead atoms. The van der Waals surface area contributed by atoms with E-state index < -0.39 is 11.1 Å². The molecule has 1 unspecified atom stereocenters. The Kier molecular flexibility index (Phi) is 4.48. The molecule has 1 aromatic carbocycles. The average Bonchev–Trinajstić information content (AvgIpc) is 2.18. The van der Waals surface area contributed by atoms with E-state index in [1.165, 1.54) is 12.1 Å². The van der Waals surface area contributed by atoms with Gasteiger partial charge in [0.25, 0.3) is 5.91 Å². The number of carbonyl (C=O) groups is 1. The molecule has 1 atom stereocenters. The molecule has 0 saturated carbocycles. The number of carbonyl (C=O) groups excluding carboxylic acids is 1. The van der Waals surface area contributed by atoms with Gasteiger partial charge in [-0.3, -0.25) is 9.00 Å². The van der Waals surface area contributed by atoms with Gasteiger partial charge in [0.15, 0.2) is 0 Å². The van der Waals surface area contributed by atoms with Crippen molar-refractivity contribution < 1.29 is 43.1 Å². The summed E-state index contributed by atoms with van der Waals surface area (Å²) in [5.74, 6) is -0.196. The summed E-state index contributed by atoms with van der Waals surface area (Å²) < 4.78 is 21.3. The predicted molar refractivity (Wildman–Crippen MR) is 49.7 cm³/mol. The molecule has 1 N–H and O–H groups in total. The maximum atomic E-state index is 11.3. The van der Waals surface area contributed by atoms with E-state index in [1.807, 2.05) is 0 Å². The molecule has 74 valence electrons. The van der Waals surface area contributed by atoms with Gasteiger partial charge in [-0.2, -0.15) is 0 Å². The number of nitrogens with one attached hydrogen (secondary N) is 1. The second kappa shape index (κ2) is 5.23. The van der Waals surface area contributed by atoms with Crippen molar-refractivity contribution >= 4 is 17.0 Å². The number of hydrogen-bond acceptors (Lipinski definition) is 3. The topological polar surface area (TPSA) is 69.2 Å². The molecule has 2 rings (SSSR count). The molecule has 6 heteroatoms. The number of amides is 1. The van der Waals surface area contributed by atoms with Crippen LogP contribution in [0.4, 0.5) is 0 Å². The quantitative estimate of drug-likeness (QED) is 0.421. The molecule has 0 aliphatic carbocycles. The SMILES string of the molecule is O=C1NCCc2ccc(S(=O)[O-])cc21.[Na+]. The number of benzene rings is 1. The number of rotatable bonds is 1. The monoisotopic (exact) mass is 233 g/mol. The Morgan fingerprint density at radius 3 is 2.80 bits per heavy atom. The van der Waals surface area contributed by atoms with Gasteiger partial charge in [0.1, 0.15) is 0 Å². The van der Waals surface area contributed by atoms with Crippen LogP contribution in [0.2, 0.25) is 0 Å². The maximum absolute atomic E-state index is 11.3. The molecule has 1 aliphatic rings. The van der Waals surface area contributed by atoms with Crippen LogP contribution in [0, 0.1) is 0 Å². The van der Waals surface area contributed by atoms with Gasteiger partial charge in [0.05, 0.1) is 0 Å². The normalized spacial score (nSPS) is 15.9. The van der Waals surface area contributed by atoms with E-state index in [-0.39, 0.29) is 40.4 Å². The second-order valence-electron chi connectivity index (χ2n) is 3.06. The van der Waals surface area contributed by atoms with Crippen molar-refractivity contribution in [2.75, 3.05) is 6.54 Å². The number of fused-ring (bicyclic) bond motifs is 1. The summed E-state index contributed by atoms with van der Waals surface area (Å²) in [7, 11) is 0. The Balaban J connectivity index is 0.00000112. The molecule has 1 amide bonds. The zero-order valence-corrected chi connectivity index (χ0v) is 11.1. The first-order valence-corrected chi connectivity index (χ1v) is 5.26. The largest absolute Gasteiger partial charge is 1.00 e. The van der Waals surface area contributed by atoms with Crippen LogP contribution in [-0.2, 0) is 17.5 Å². The average molecular weight is 233 g/mol. The molecule has 0 radical (unpaired) electrons. The fourth-order valence-electron chi connectivity index (χ4n) is 1.49. The van der Waals surface area contributed by atoms with Crippen molar-refractivity contribution in [1.82, 2.24) is 5.32 Å². The first-order valence-electron chi connectivity index (χ1n) is 4.19. The summed E-state index contributed by atoms with van der Waals surface area (Å²) in [5.41, 5.74) is 1.38. The number of hydrogen-bond donors (Lipinski definition) is 1. The van der Waals surface area contributed by atoms with Crippen LogP contribution in [0.3, 0.4) is 0 Å². The summed E-state index contributed by atoms with van der Waals surface area (Å²) in [6.07, 6.45) is 0.757. The van der Waals surface area contributed by atoms with Gasteiger partial charge in [0.2, 0.25) is 0 Å². The summed E-state index contributed by atoms with van der Waals surface area (Å²) >= 11 is -2.27. The van der Waals surface area contributed by atoms with Crippen molar-refractivity contribution in [2.45, 2.75) is 11.3 Å². The fraction of sp³-hybridized carbons (Fsp3) is 0.222. The minimum atomic E-state index is -2.27. The van der Waals surface area contributed by atoms with Gasteiger partial charge in [-0.15, -0.1) is 0 Å². The van der Waals surface area contributed by atoms with Crippen molar-refractivity contribution in [1.29, 1.82) is 0 Å². The molecule has 0 aromatic heterocycles. The Morgan fingerprint density at radius 2 is 2.13 bits per heavy atom. The minimum Gasteiger partial charge on any atom is -0.768 e. The second-order valence-corrected chi connectivity index (χ2v) is 4.00. The third-order valence-electron chi connectivity index (χ3n) is 2.20. The summed E-state index contributed by atoms with van der Waals surface area (Å²) in [4.78, 5) is 11.5. The fourth-order valence-corrected chi connectivity index (χ4v) is 1.89. The minimum absolute atomic E-state index is 0. The molecule has 1 heterocycles. The molecule has 0 spiro atoms. The Bertz CT molecular complexity index is 422. The van der Waals surface area contributed by atoms with E-state index in [4.69, 9.17) is 0 Å². The third kappa shape index (κ3) is 2.68. The molecular weight excluding hydrogens is 225 g/mol. The van der Waals surface area contributed by atoms with Gasteiger partial charge in [-0.05, 0) is 35.2 Å². The molecule has 1 aromatic rings. The first kappa shape index (κ1) is 12.9. The van der Waals surface area contributed by atoms with E-state index in [9.17, 15) is 13.6 Å². The van der Waals surface area contributed by atoms with Crippen molar-refractivity contribution in [3.63, 3.8) is 0 Å². The molecular formula is C9H8NNaO3S. The van der Waals surface area contributed by atoms with E-state index in [2.05, 4.69) is 5.32 Å². The van der Waals surface area contributed by atoms with E-state index in [0.29, 0.717) is 12.1 Å². The zero-order valence-electron chi connectivity index (χ0n) is 8.28. The van der Waals surface area contributed by atoms with Crippen molar-refractivity contribution in [3.8, 4) is 0 Å². The smallest absolute Gasteiger partial charge is 0.768 e. The predicted octanol–water partition coefficient (Wildman–Crippen LogP) is -2.79. The summed E-state index contributed by atoms with van der Waals surface area (Å²) in [6, 6.07) is 4.62. The van der Waals surface area contributed by atoms with Gasteiger partial charge in [0, 0.05) is 17.0 Å². The van der Waals surface area contributed by atoms with Crippen molar-refractivity contribution in [2.24, 2.45) is 0 Å². The Labute approximate surface area is 112 Å². The van der Waals surface area contributed by atoms with E-state index in [0.717, 1.165) is 12.0 Å². The zero-order chi connectivity index (χ0) is 10.1. The molecule has 4 nitrogen and oxygen atoms in total. The van der Waals surface area contributed by atoms with Crippen LogP contribution in [0.25, 0.3) is 0 Å². The van der Waals surface area contributed by atoms with Gasteiger partial charge in [-0.1, -0.05) is 6.07 Å². The first-order chi connectivity index (χ1) is 6.68. The molecule has 15 heavy (non-hydrogen) atoms.